The smallest absolute Gasteiger partial charge is 0.216 e. The lowest BCUT2D eigenvalue weighted by atomic mass is 10.3. The molecule has 0 aliphatic carbocycles. The maximum Gasteiger partial charge on any atom is 0.216 e. The fourth-order valence-electron chi connectivity index (χ4n) is 1.05. The van der Waals surface area contributed by atoms with Gasteiger partial charge in [-0.3, -0.25) is 9.59 Å². The van der Waals surface area contributed by atoms with Gasteiger partial charge in [0.05, 0.1) is 0 Å². The second-order valence-corrected chi connectivity index (χ2v) is 3.03. The molecule has 1 rings (SSSR count). The summed E-state index contributed by atoms with van der Waals surface area (Å²) in [6, 6.07) is 3.33. The van der Waals surface area contributed by atoms with E-state index in [1.54, 1.807) is 18.2 Å². The van der Waals surface area contributed by atoms with Crippen LogP contribution in [-0.4, -0.2) is 18.7 Å². The van der Waals surface area contributed by atoms with Gasteiger partial charge in [-0.1, -0.05) is 6.08 Å². The second kappa shape index (κ2) is 5.80. The van der Waals surface area contributed by atoms with E-state index in [2.05, 4.69) is 5.32 Å². The first-order valence-electron chi connectivity index (χ1n) is 4.68. The van der Waals surface area contributed by atoms with Gasteiger partial charge in [-0.25, -0.2) is 0 Å². The molecule has 0 saturated heterocycles. The molecule has 0 bridgehead atoms. The minimum atomic E-state index is -0.0374. The molecule has 0 atom stereocenters. The van der Waals surface area contributed by atoms with Crippen LogP contribution in [0.5, 0.6) is 0 Å². The van der Waals surface area contributed by atoms with Crippen LogP contribution in [0.3, 0.4) is 0 Å². The Morgan fingerprint density at radius 1 is 1.47 bits per heavy atom. The molecular weight excluding hydrogens is 194 g/mol. The van der Waals surface area contributed by atoms with Crippen molar-refractivity contribution in [2.45, 2.75) is 13.3 Å². The van der Waals surface area contributed by atoms with Gasteiger partial charge in [0.15, 0.2) is 12.0 Å². The normalized spacial score (nSPS) is 10.5. The van der Waals surface area contributed by atoms with Gasteiger partial charge < -0.3 is 9.73 Å². The number of amides is 1. The lowest BCUT2D eigenvalue weighted by Crippen LogP contribution is -2.20. The molecule has 80 valence electrons. The lowest BCUT2D eigenvalue weighted by Gasteiger charge is -1.95. The van der Waals surface area contributed by atoms with Crippen LogP contribution in [0.2, 0.25) is 0 Å². The van der Waals surface area contributed by atoms with Crippen LogP contribution in [0.1, 0.15) is 29.7 Å². The molecule has 0 fully saturated rings. The number of aldehydes is 1. The van der Waals surface area contributed by atoms with E-state index in [9.17, 15) is 9.59 Å². The summed E-state index contributed by atoms with van der Waals surface area (Å²) >= 11 is 0. The molecular formula is C11H13NO3. The van der Waals surface area contributed by atoms with Crippen molar-refractivity contribution in [3.63, 3.8) is 0 Å². The number of furan rings is 1. The Bertz CT molecular complexity index is 366. The summed E-state index contributed by atoms with van der Waals surface area (Å²) < 4.78 is 5.12. The van der Waals surface area contributed by atoms with Crippen molar-refractivity contribution in [1.29, 1.82) is 0 Å². The Balaban J connectivity index is 2.31. The fraction of sp³-hybridized carbons (Fsp3) is 0.273. The van der Waals surface area contributed by atoms with Gasteiger partial charge in [-0.2, -0.15) is 0 Å². The van der Waals surface area contributed by atoms with Crippen molar-refractivity contribution in [3.05, 3.63) is 29.7 Å². The molecule has 1 aromatic heterocycles. The van der Waals surface area contributed by atoms with Crippen molar-refractivity contribution >= 4 is 18.3 Å². The van der Waals surface area contributed by atoms with Crippen LogP contribution in [0.25, 0.3) is 6.08 Å². The van der Waals surface area contributed by atoms with Gasteiger partial charge in [0.25, 0.3) is 0 Å². The van der Waals surface area contributed by atoms with Crippen molar-refractivity contribution in [2.24, 2.45) is 0 Å². The topological polar surface area (TPSA) is 59.3 Å². The SMILES string of the molecule is CC(=O)NCCC=Cc1ccc(C=O)o1. The largest absolute Gasteiger partial charge is 0.454 e. The van der Waals surface area contributed by atoms with Gasteiger partial charge in [0.1, 0.15) is 5.76 Å². The minimum absolute atomic E-state index is 0.0374. The number of rotatable bonds is 5. The average Bonchev–Trinajstić information content (AvgIpc) is 2.65. The van der Waals surface area contributed by atoms with E-state index in [0.29, 0.717) is 24.4 Å². The summed E-state index contributed by atoms with van der Waals surface area (Å²) in [6.45, 7) is 2.08. The Hall–Kier alpha value is -1.84. The maximum atomic E-state index is 10.5. The van der Waals surface area contributed by atoms with Gasteiger partial charge >= 0.3 is 0 Å². The maximum absolute atomic E-state index is 10.5. The zero-order valence-corrected chi connectivity index (χ0v) is 8.53. The lowest BCUT2D eigenvalue weighted by molar-refractivity contribution is -0.118. The van der Waals surface area contributed by atoms with E-state index in [0.717, 1.165) is 6.42 Å². The Morgan fingerprint density at radius 3 is 2.80 bits per heavy atom. The molecule has 0 saturated carbocycles. The van der Waals surface area contributed by atoms with E-state index in [1.165, 1.54) is 6.92 Å². The van der Waals surface area contributed by atoms with Crippen molar-refractivity contribution in [3.8, 4) is 0 Å². The van der Waals surface area contributed by atoms with Gasteiger partial charge in [0.2, 0.25) is 5.91 Å². The molecule has 1 N–H and O–H groups in total. The highest BCUT2D eigenvalue weighted by molar-refractivity contribution is 5.72. The zero-order chi connectivity index (χ0) is 11.1. The molecule has 0 aliphatic rings. The first-order valence-corrected chi connectivity index (χ1v) is 4.68. The van der Waals surface area contributed by atoms with Crippen LogP contribution < -0.4 is 5.32 Å². The van der Waals surface area contributed by atoms with E-state index in [-0.39, 0.29) is 5.91 Å². The van der Waals surface area contributed by atoms with Gasteiger partial charge in [0, 0.05) is 13.5 Å². The fourth-order valence-corrected chi connectivity index (χ4v) is 1.05. The van der Waals surface area contributed by atoms with Crippen LogP contribution in [-0.2, 0) is 4.79 Å². The second-order valence-electron chi connectivity index (χ2n) is 3.03. The average molecular weight is 207 g/mol. The van der Waals surface area contributed by atoms with Crippen LogP contribution in [0, 0.1) is 0 Å². The molecule has 0 radical (unpaired) electrons. The first-order chi connectivity index (χ1) is 7.22. The number of nitrogens with one attached hydrogen (secondary N) is 1. The molecule has 0 aliphatic heterocycles. The third-order valence-corrected chi connectivity index (χ3v) is 1.73. The predicted molar refractivity (Wildman–Crippen MR) is 56.4 cm³/mol. The Kier molecular flexibility index (Phi) is 4.34. The van der Waals surface area contributed by atoms with E-state index in [1.807, 2.05) is 6.08 Å². The van der Waals surface area contributed by atoms with Crippen LogP contribution in [0.4, 0.5) is 0 Å². The van der Waals surface area contributed by atoms with Crippen molar-refractivity contribution in [2.75, 3.05) is 6.54 Å². The summed E-state index contributed by atoms with van der Waals surface area (Å²) in [5.41, 5.74) is 0. The number of carbonyl (C=O) groups is 2. The van der Waals surface area contributed by atoms with E-state index < -0.39 is 0 Å². The van der Waals surface area contributed by atoms with Gasteiger partial charge in [-0.05, 0) is 24.6 Å². The summed E-state index contributed by atoms with van der Waals surface area (Å²) in [4.78, 5) is 20.8. The quantitative estimate of drug-likeness (QED) is 0.589. The molecule has 4 heteroatoms. The highest BCUT2D eigenvalue weighted by Gasteiger charge is 1.95. The predicted octanol–water partition coefficient (Wildman–Crippen LogP) is 1.63. The standard InChI is InChI=1S/C11H13NO3/c1-9(14)12-7-3-2-4-10-5-6-11(8-13)15-10/h2,4-6,8H,3,7H2,1H3,(H,12,14). The number of hydrogen-bond acceptors (Lipinski definition) is 3. The molecule has 0 spiro atoms. The zero-order valence-electron chi connectivity index (χ0n) is 8.53. The molecule has 0 unspecified atom stereocenters. The van der Waals surface area contributed by atoms with Crippen LogP contribution >= 0.6 is 0 Å². The molecule has 1 aromatic rings. The third-order valence-electron chi connectivity index (χ3n) is 1.73. The first kappa shape index (κ1) is 11.2. The molecule has 15 heavy (non-hydrogen) atoms. The monoisotopic (exact) mass is 207 g/mol. The molecule has 0 aromatic carbocycles. The molecule has 4 nitrogen and oxygen atoms in total. The minimum Gasteiger partial charge on any atom is -0.454 e. The summed E-state index contributed by atoms with van der Waals surface area (Å²) in [7, 11) is 0. The van der Waals surface area contributed by atoms with Crippen molar-refractivity contribution < 1.29 is 14.0 Å². The Labute approximate surface area is 88.0 Å². The van der Waals surface area contributed by atoms with E-state index in [4.69, 9.17) is 4.42 Å². The third kappa shape index (κ3) is 4.26. The summed E-state index contributed by atoms with van der Waals surface area (Å²) in [5.74, 6) is 0.918. The van der Waals surface area contributed by atoms with Crippen LogP contribution in [0.15, 0.2) is 22.6 Å². The number of hydrogen-bond donors (Lipinski definition) is 1. The summed E-state index contributed by atoms with van der Waals surface area (Å²) in [5, 5.41) is 2.67. The Morgan fingerprint density at radius 2 is 2.20 bits per heavy atom. The highest BCUT2D eigenvalue weighted by atomic mass is 16.3. The molecule has 1 heterocycles. The van der Waals surface area contributed by atoms with Gasteiger partial charge in [-0.15, -0.1) is 0 Å². The van der Waals surface area contributed by atoms with Crippen molar-refractivity contribution in [1.82, 2.24) is 5.32 Å². The number of carbonyl (C=O) groups excluding carboxylic acids is 2. The van der Waals surface area contributed by atoms with E-state index >= 15 is 0 Å². The summed E-state index contributed by atoms with van der Waals surface area (Å²) in [6.07, 6.45) is 5.05. The highest BCUT2D eigenvalue weighted by Crippen LogP contribution is 2.07. The molecule has 1 amide bonds.